The zero-order valence-electron chi connectivity index (χ0n) is 11.9. The van der Waals surface area contributed by atoms with Crippen LogP contribution in [0.3, 0.4) is 0 Å². The number of anilines is 1. The van der Waals surface area contributed by atoms with E-state index in [0.717, 1.165) is 22.5 Å². The first-order chi connectivity index (χ1) is 10.6. The Balaban J connectivity index is 2.15. The summed E-state index contributed by atoms with van der Waals surface area (Å²) in [4.78, 5) is 15.9. The van der Waals surface area contributed by atoms with E-state index < -0.39 is 12.2 Å². The number of hydrogen-bond donors (Lipinski definition) is 3. The van der Waals surface area contributed by atoms with Gasteiger partial charge in [-0.05, 0) is 6.07 Å². The average Bonchev–Trinajstić information content (AvgIpc) is 2.65. The second kappa shape index (κ2) is 5.73. The Labute approximate surface area is 128 Å². The Hall–Kier alpha value is -3.08. The van der Waals surface area contributed by atoms with Gasteiger partial charge < -0.3 is 16.4 Å². The number of nitrogens with one attached hydrogen (secondary N) is 2. The molecule has 1 aliphatic heterocycles. The fraction of sp³-hybridized carbons (Fsp3) is 0.0588. The maximum absolute atomic E-state index is 11.2. The molecule has 22 heavy (non-hydrogen) atoms. The number of fused-ring (bicyclic) bond motifs is 1. The van der Waals surface area contributed by atoms with Crippen LogP contribution in [-0.4, -0.2) is 17.9 Å². The first-order valence-corrected chi connectivity index (χ1v) is 6.89. The van der Waals surface area contributed by atoms with Crippen molar-refractivity contribution in [1.29, 1.82) is 0 Å². The van der Waals surface area contributed by atoms with Crippen molar-refractivity contribution in [2.24, 2.45) is 10.7 Å². The highest BCUT2D eigenvalue weighted by molar-refractivity contribution is 6.16. The molecule has 0 spiro atoms. The SMILES string of the molecule is C=C1Nc2ccccc2C(c2ccccc2)=NC1NC(N)=O. The summed E-state index contributed by atoms with van der Waals surface area (Å²) in [5.74, 6) is 0. The van der Waals surface area contributed by atoms with E-state index in [1.54, 1.807) is 0 Å². The number of para-hydroxylation sites is 1. The number of carbonyl (C=O) groups is 1. The quantitative estimate of drug-likeness (QED) is 0.795. The minimum atomic E-state index is -0.643. The third-order valence-electron chi connectivity index (χ3n) is 3.39. The fourth-order valence-corrected chi connectivity index (χ4v) is 2.40. The molecule has 0 aliphatic carbocycles. The number of urea groups is 1. The van der Waals surface area contributed by atoms with Crippen LogP contribution < -0.4 is 16.4 Å². The number of nitrogens with two attached hydrogens (primary N) is 1. The number of benzene rings is 2. The molecule has 0 saturated heterocycles. The summed E-state index contributed by atoms with van der Waals surface area (Å²) in [5.41, 5.74) is 9.38. The Bertz CT molecular complexity index is 752. The van der Waals surface area contributed by atoms with Crippen molar-refractivity contribution in [1.82, 2.24) is 5.32 Å². The molecule has 5 heteroatoms. The van der Waals surface area contributed by atoms with Crippen LogP contribution in [0.1, 0.15) is 11.1 Å². The summed E-state index contributed by atoms with van der Waals surface area (Å²) >= 11 is 0. The van der Waals surface area contributed by atoms with E-state index in [-0.39, 0.29) is 0 Å². The third kappa shape index (κ3) is 2.69. The van der Waals surface area contributed by atoms with E-state index in [1.807, 2.05) is 54.6 Å². The van der Waals surface area contributed by atoms with Crippen molar-refractivity contribution in [3.05, 3.63) is 78.0 Å². The Morgan fingerprint density at radius 3 is 2.55 bits per heavy atom. The molecule has 2 aromatic carbocycles. The van der Waals surface area contributed by atoms with E-state index in [2.05, 4.69) is 22.2 Å². The zero-order valence-corrected chi connectivity index (χ0v) is 11.9. The van der Waals surface area contributed by atoms with Gasteiger partial charge in [0.15, 0.2) is 6.17 Å². The van der Waals surface area contributed by atoms with Crippen molar-refractivity contribution < 1.29 is 4.79 Å². The predicted molar refractivity (Wildman–Crippen MR) is 87.8 cm³/mol. The molecule has 110 valence electrons. The van der Waals surface area contributed by atoms with Crippen LogP contribution in [0, 0.1) is 0 Å². The molecule has 2 aromatic rings. The molecule has 2 amide bonds. The normalized spacial score (nSPS) is 16.8. The second-order valence-corrected chi connectivity index (χ2v) is 4.95. The monoisotopic (exact) mass is 292 g/mol. The lowest BCUT2D eigenvalue weighted by molar-refractivity contribution is 0.247. The van der Waals surface area contributed by atoms with Gasteiger partial charge in [-0.1, -0.05) is 55.1 Å². The summed E-state index contributed by atoms with van der Waals surface area (Å²) < 4.78 is 0. The second-order valence-electron chi connectivity index (χ2n) is 4.95. The van der Waals surface area contributed by atoms with Crippen LogP contribution in [-0.2, 0) is 0 Å². The number of aliphatic imine (C=N–C) groups is 1. The summed E-state index contributed by atoms with van der Waals surface area (Å²) in [6.45, 7) is 3.95. The highest BCUT2D eigenvalue weighted by Gasteiger charge is 2.22. The highest BCUT2D eigenvalue weighted by Crippen LogP contribution is 2.25. The molecule has 0 fully saturated rings. The van der Waals surface area contributed by atoms with Crippen molar-refractivity contribution in [2.45, 2.75) is 6.17 Å². The summed E-state index contributed by atoms with van der Waals surface area (Å²) in [6.07, 6.45) is -0.625. The van der Waals surface area contributed by atoms with E-state index in [9.17, 15) is 4.79 Å². The lowest BCUT2D eigenvalue weighted by atomic mass is 10.0. The Morgan fingerprint density at radius 1 is 1.14 bits per heavy atom. The third-order valence-corrected chi connectivity index (χ3v) is 3.39. The summed E-state index contributed by atoms with van der Waals surface area (Å²) in [6, 6.07) is 17.0. The molecule has 1 unspecified atom stereocenters. The van der Waals surface area contributed by atoms with Crippen LogP contribution in [0.2, 0.25) is 0 Å². The van der Waals surface area contributed by atoms with Crippen molar-refractivity contribution in [3.63, 3.8) is 0 Å². The van der Waals surface area contributed by atoms with Crippen LogP contribution in [0.15, 0.2) is 71.9 Å². The molecule has 0 saturated carbocycles. The largest absolute Gasteiger partial charge is 0.356 e. The van der Waals surface area contributed by atoms with E-state index in [4.69, 9.17) is 5.73 Å². The number of primary amides is 1. The lowest BCUT2D eigenvalue weighted by Crippen LogP contribution is -2.40. The maximum Gasteiger partial charge on any atom is 0.314 e. The number of nitrogens with zero attached hydrogens (tertiary/aromatic N) is 1. The van der Waals surface area contributed by atoms with Gasteiger partial charge in [0, 0.05) is 16.8 Å². The standard InChI is InChI=1S/C17H16N4O/c1-11-16(21-17(18)22)20-15(12-7-3-2-4-8-12)13-9-5-6-10-14(13)19-11/h2-10,16,19H,1H2,(H3,18,21,22). The Kier molecular flexibility index (Phi) is 3.62. The van der Waals surface area contributed by atoms with Gasteiger partial charge in [0.2, 0.25) is 0 Å². The lowest BCUT2D eigenvalue weighted by Gasteiger charge is -2.15. The molecule has 1 atom stereocenters. The van der Waals surface area contributed by atoms with Gasteiger partial charge in [-0.3, -0.25) is 4.99 Å². The minimum Gasteiger partial charge on any atom is -0.356 e. The van der Waals surface area contributed by atoms with E-state index in [0.29, 0.717) is 5.70 Å². The molecule has 0 aromatic heterocycles. The summed E-state index contributed by atoms with van der Waals surface area (Å²) in [5, 5.41) is 5.79. The number of rotatable bonds is 2. The van der Waals surface area contributed by atoms with E-state index >= 15 is 0 Å². The Morgan fingerprint density at radius 2 is 1.82 bits per heavy atom. The first kappa shape index (κ1) is 13.9. The molecular weight excluding hydrogens is 276 g/mol. The van der Waals surface area contributed by atoms with Gasteiger partial charge in [-0.25, -0.2) is 4.79 Å². The molecular formula is C17H16N4O. The van der Waals surface area contributed by atoms with Gasteiger partial charge in [-0.15, -0.1) is 0 Å². The van der Waals surface area contributed by atoms with Crippen LogP contribution in [0.25, 0.3) is 0 Å². The maximum atomic E-state index is 11.2. The van der Waals surface area contributed by atoms with Crippen LogP contribution >= 0.6 is 0 Å². The molecule has 3 rings (SSSR count). The fourth-order valence-electron chi connectivity index (χ4n) is 2.40. The molecule has 4 N–H and O–H groups in total. The van der Waals surface area contributed by atoms with Gasteiger partial charge in [0.25, 0.3) is 0 Å². The van der Waals surface area contributed by atoms with Crippen molar-refractivity contribution in [2.75, 3.05) is 5.32 Å². The van der Waals surface area contributed by atoms with Crippen molar-refractivity contribution in [3.8, 4) is 0 Å². The zero-order chi connectivity index (χ0) is 15.5. The number of benzodiazepines with no additional fused rings is 1. The smallest absolute Gasteiger partial charge is 0.314 e. The predicted octanol–water partition coefficient (Wildman–Crippen LogP) is 2.46. The average molecular weight is 292 g/mol. The first-order valence-electron chi connectivity index (χ1n) is 6.89. The number of carbonyl (C=O) groups excluding carboxylic acids is 1. The molecule has 5 nitrogen and oxygen atoms in total. The van der Waals surface area contributed by atoms with Gasteiger partial charge in [0.1, 0.15) is 0 Å². The van der Waals surface area contributed by atoms with Crippen molar-refractivity contribution >= 4 is 17.4 Å². The van der Waals surface area contributed by atoms with Crippen LogP contribution in [0.5, 0.6) is 0 Å². The number of hydrogen-bond acceptors (Lipinski definition) is 3. The highest BCUT2D eigenvalue weighted by atomic mass is 16.2. The van der Waals surface area contributed by atoms with Gasteiger partial charge >= 0.3 is 6.03 Å². The summed E-state index contributed by atoms with van der Waals surface area (Å²) in [7, 11) is 0. The van der Waals surface area contributed by atoms with Gasteiger partial charge in [-0.2, -0.15) is 0 Å². The molecule has 1 heterocycles. The van der Waals surface area contributed by atoms with Crippen LogP contribution in [0.4, 0.5) is 10.5 Å². The minimum absolute atomic E-state index is 0.567. The number of amides is 2. The van der Waals surface area contributed by atoms with Gasteiger partial charge in [0.05, 0.1) is 11.4 Å². The molecule has 0 radical (unpaired) electrons. The molecule has 1 aliphatic rings. The topological polar surface area (TPSA) is 79.5 Å². The van der Waals surface area contributed by atoms with E-state index in [1.165, 1.54) is 0 Å². The molecule has 0 bridgehead atoms.